The zero-order valence-electron chi connectivity index (χ0n) is 18.7. The molecule has 0 amide bonds. The summed E-state index contributed by atoms with van der Waals surface area (Å²) < 4.78 is 50.1. The molecule has 1 atom stereocenters. The maximum atomic E-state index is 13.4. The van der Waals surface area contributed by atoms with Gasteiger partial charge in [0.25, 0.3) is 0 Å². The van der Waals surface area contributed by atoms with Gasteiger partial charge < -0.3 is 23.8 Å². The summed E-state index contributed by atoms with van der Waals surface area (Å²) in [5, 5.41) is 0. The quantitative estimate of drug-likeness (QED) is 0.461. The largest absolute Gasteiger partial charge is 0.497 e. The van der Waals surface area contributed by atoms with E-state index in [1.165, 1.54) is 24.3 Å². The summed E-state index contributed by atoms with van der Waals surface area (Å²) >= 11 is 0. The number of likely N-dealkylation sites (N-methyl/N-ethyl adjacent to an activating group) is 1. The first kappa shape index (κ1) is 23.0. The summed E-state index contributed by atoms with van der Waals surface area (Å²) in [7, 11) is 3.60. The first-order valence-corrected chi connectivity index (χ1v) is 10.8. The molecule has 0 aromatic heterocycles. The standard InChI is InChI=1S/C26H27F2NO4/c1-29(16-23-17-32-24-12-11-22(30-2)15-25(24)33-23)13-14-31-26(18-3-7-20(27)8-4-18)19-5-9-21(28)10-6-19/h3-12,15,23,26H,13-14,16-17H2,1-2H3. The van der Waals surface area contributed by atoms with Crippen LogP contribution in [0.25, 0.3) is 0 Å². The molecule has 5 nitrogen and oxygen atoms in total. The zero-order chi connectivity index (χ0) is 23.2. The van der Waals surface area contributed by atoms with Crippen LogP contribution in [0.4, 0.5) is 8.78 Å². The molecule has 0 N–H and O–H groups in total. The third-order valence-corrected chi connectivity index (χ3v) is 5.49. The number of nitrogens with zero attached hydrogens (tertiary/aromatic N) is 1. The van der Waals surface area contributed by atoms with E-state index in [4.69, 9.17) is 18.9 Å². The van der Waals surface area contributed by atoms with Crippen molar-refractivity contribution in [3.63, 3.8) is 0 Å². The van der Waals surface area contributed by atoms with Crippen molar-refractivity contribution in [1.82, 2.24) is 4.90 Å². The summed E-state index contributed by atoms with van der Waals surface area (Å²) in [6, 6.07) is 17.8. The molecule has 7 heteroatoms. The number of halogens is 2. The molecule has 3 aromatic rings. The maximum absolute atomic E-state index is 13.4. The molecule has 3 aromatic carbocycles. The van der Waals surface area contributed by atoms with Crippen LogP contribution in [0.5, 0.6) is 17.2 Å². The molecule has 0 bridgehead atoms. The fraction of sp³-hybridized carbons (Fsp3) is 0.308. The molecule has 1 heterocycles. The monoisotopic (exact) mass is 455 g/mol. The number of hydrogen-bond acceptors (Lipinski definition) is 5. The number of benzene rings is 3. The highest BCUT2D eigenvalue weighted by molar-refractivity contribution is 5.46. The first-order valence-electron chi connectivity index (χ1n) is 10.8. The van der Waals surface area contributed by atoms with Crippen LogP contribution in [0.15, 0.2) is 66.7 Å². The van der Waals surface area contributed by atoms with Crippen LogP contribution in [0.3, 0.4) is 0 Å². The van der Waals surface area contributed by atoms with Crippen LogP contribution in [-0.4, -0.2) is 51.5 Å². The highest BCUT2D eigenvalue weighted by Crippen LogP contribution is 2.35. The minimum atomic E-state index is -0.423. The van der Waals surface area contributed by atoms with Gasteiger partial charge in [-0.1, -0.05) is 24.3 Å². The van der Waals surface area contributed by atoms with Gasteiger partial charge in [0.2, 0.25) is 0 Å². The number of ether oxygens (including phenoxy) is 4. The molecule has 0 spiro atoms. The van der Waals surface area contributed by atoms with Crippen molar-refractivity contribution < 1.29 is 27.7 Å². The SMILES string of the molecule is COc1ccc2c(c1)OC(CN(C)CCOC(c1ccc(F)cc1)c1ccc(F)cc1)CO2. The van der Waals surface area contributed by atoms with Gasteiger partial charge in [-0.15, -0.1) is 0 Å². The van der Waals surface area contributed by atoms with Gasteiger partial charge in [-0.05, 0) is 54.6 Å². The summed E-state index contributed by atoms with van der Waals surface area (Å²) in [6.45, 7) is 2.17. The predicted octanol–water partition coefficient (Wildman–Crippen LogP) is 4.85. The number of rotatable bonds is 9. The Morgan fingerprint density at radius 3 is 2.18 bits per heavy atom. The Balaban J connectivity index is 1.34. The predicted molar refractivity (Wildman–Crippen MR) is 121 cm³/mol. The van der Waals surface area contributed by atoms with Gasteiger partial charge in [0, 0.05) is 19.2 Å². The molecular weight excluding hydrogens is 428 g/mol. The number of methoxy groups -OCH3 is 1. The van der Waals surface area contributed by atoms with E-state index in [1.54, 1.807) is 31.4 Å². The lowest BCUT2D eigenvalue weighted by molar-refractivity contribution is 0.0382. The van der Waals surface area contributed by atoms with Gasteiger partial charge in [0.05, 0.1) is 13.7 Å². The van der Waals surface area contributed by atoms with Gasteiger partial charge >= 0.3 is 0 Å². The van der Waals surface area contributed by atoms with Crippen LogP contribution in [0, 0.1) is 11.6 Å². The van der Waals surface area contributed by atoms with Crippen molar-refractivity contribution in [3.8, 4) is 17.2 Å². The van der Waals surface area contributed by atoms with E-state index in [-0.39, 0.29) is 17.7 Å². The van der Waals surface area contributed by atoms with E-state index in [0.717, 1.165) is 11.1 Å². The average Bonchev–Trinajstić information content (AvgIpc) is 2.83. The van der Waals surface area contributed by atoms with Gasteiger partial charge in [-0.3, -0.25) is 0 Å². The highest BCUT2D eigenvalue weighted by atomic mass is 19.1. The molecule has 0 saturated carbocycles. The normalized spacial score (nSPS) is 15.2. The minimum Gasteiger partial charge on any atom is -0.497 e. The van der Waals surface area contributed by atoms with Crippen molar-refractivity contribution in [2.75, 3.05) is 40.5 Å². The van der Waals surface area contributed by atoms with Crippen LogP contribution >= 0.6 is 0 Å². The summed E-state index contributed by atoms with van der Waals surface area (Å²) in [4.78, 5) is 2.10. The summed E-state index contributed by atoms with van der Waals surface area (Å²) in [6.07, 6.45) is -0.548. The Bertz CT molecular complexity index is 998. The minimum absolute atomic E-state index is 0.125. The smallest absolute Gasteiger partial charge is 0.165 e. The van der Waals surface area contributed by atoms with Crippen molar-refractivity contribution in [1.29, 1.82) is 0 Å². The van der Waals surface area contributed by atoms with Gasteiger partial charge in [-0.2, -0.15) is 0 Å². The molecule has 4 rings (SSSR count). The molecule has 0 radical (unpaired) electrons. The van der Waals surface area contributed by atoms with Crippen LogP contribution in [0.1, 0.15) is 17.2 Å². The topological polar surface area (TPSA) is 40.2 Å². The van der Waals surface area contributed by atoms with E-state index in [1.807, 2.05) is 25.2 Å². The lowest BCUT2D eigenvalue weighted by atomic mass is 10.0. The van der Waals surface area contributed by atoms with Gasteiger partial charge in [0.1, 0.15) is 36.2 Å². The molecule has 0 saturated heterocycles. The molecule has 0 aliphatic carbocycles. The number of fused-ring (bicyclic) bond motifs is 1. The van der Waals surface area contributed by atoms with Gasteiger partial charge in [0.15, 0.2) is 11.5 Å². The highest BCUT2D eigenvalue weighted by Gasteiger charge is 2.23. The second-order valence-electron chi connectivity index (χ2n) is 7.98. The third-order valence-electron chi connectivity index (χ3n) is 5.49. The lowest BCUT2D eigenvalue weighted by Gasteiger charge is -2.30. The van der Waals surface area contributed by atoms with Crippen LogP contribution in [0.2, 0.25) is 0 Å². The Hall–Kier alpha value is -3.16. The Morgan fingerprint density at radius 1 is 0.939 bits per heavy atom. The fourth-order valence-corrected chi connectivity index (χ4v) is 3.74. The number of hydrogen-bond donors (Lipinski definition) is 0. The summed E-state index contributed by atoms with van der Waals surface area (Å²) in [5.41, 5.74) is 1.61. The lowest BCUT2D eigenvalue weighted by Crippen LogP contribution is -2.40. The summed E-state index contributed by atoms with van der Waals surface area (Å²) in [5.74, 6) is 1.46. The molecule has 1 aliphatic heterocycles. The van der Waals surface area contributed by atoms with Crippen molar-refractivity contribution in [2.45, 2.75) is 12.2 Å². The molecule has 1 unspecified atom stereocenters. The molecular formula is C26H27F2NO4. The van der Waals surface area contributed by atoms with E-state index in [0.29, 0.717) is 43.6 Å². The Morgan fingerprint density at radius 2 is 1.58 bits per heavy atom. The molecule has 0 fully saturated rings. The Labute approximate surface area is 192 Å². The first-order chi connectivity index (χ1) is 16.0. The van der Waals surface area contributed by atoms with Crippen LogP contribution < -0.4 is 14.2 Å². The molecule has 174 valence electrons. The van der Waals surface area contributed by atoms with E-state index in [2.05, 4.69) is 4.90 Å². The third kappa shape index (κ3) is 6.00. The second-order valence-corrected chi connectivity index (χ2v) is 7.98. The van der Waals surface area contributed by atoms with Gasteiger partial charge in [-0.25, -0.2) is 8.78 Å². The zero-order valence-corrected chi connectivity index (χ0v) is 18.7. The average molecular weight is 456 g/mol. The fourth-order valence-electron chi connectivity index (χ4n) is 3.74. The van der Waals surface area contributed by atoms with Crippen LogP contribution in [-0.2, 0) is 4.74 Å². The van der Waals surface area contributed by atoms with Crippen molar-refractivity contribution in [2.24, 2.45) is 0 Å². The molecule has 33 heavy (non-hydrogen) atoms. The van der Waals surface area contributed by atoms with Crippen molar-refractivity contribution in [3.05, 3.63) is 89.5 Å². The van der Waals surface area contributed by atoms with E-state index in [9.17, 15) is 8.78 Å². The molecule has 1 aliphatic rings. The van der Waals surface area contributed by atoms with E-state index < -0.39 is 6.10 Å². The Kier molecular flexibility index (Phi) is 7.42. The van der Waals surface area contributed by atoms with E-state index >= 15 is 0 Å². The second kappa shape index (κ2) is 10.6. The van der Waals surface area contributed by atoms with Crippen molar-refractivity contribution >= 4 is 0 Å². The maximum Gasteiger partial charge on any atom is 0.165 e.